The summed E-state index contributed by atoms with van der Waals surface area (Å²) < 4.78 is 6.86. The third kappa shape index (κ3) is 3.01. The largest absolute Gasteiger partial charge is 0.448 e. The molecule has 0 radical (unpaired) electrons. The molecule has 1 aromatic carbocycles. The van der Waals surface area contributed by atoms with E-state index in [4.69, 9.17) is 4.42 Å². The summed E-state index contributed by atoms with van der Waals surface area (Å²) in [6.45, 7) is 0. The minimum atomic E-state index is -0.121. The molecule has 4 rings (SSSR count). The first-order chi connectivity index (χ1) is 11.3. The van der Waals surface area contributed by atoms with Gasteiger partial charge in [-0.2, -0.15) is 0 Å². The van der Waals surface area contributed by atoms with Gasteiger partial charge in [0.1, 0.15) is 0 Å². The minimum absolute atomic E-state index is 0.121. The summed E-state index contributed by atoms with van der Waals surface area (Å²) in [5.74, 6) is 0.897. The maximum absolute atomic E-state index is 12.3. The molecule has 0 spiro atoms. The fraction of sp³-hybridized carbons (Fsp3) is 0.333. The van der Waals surface area contributed by atoms with Gasteiger partial charge in [0.15, 0.2) is 16.5 Å². The van der Waals surface area contributed by atoms with Crippen LogP contribution in [-0.2, 0) is 0 Å². The molecule has 0 bridgehead atoms. The number of nitrogens with one attached hydrogen (secondary N) is 1. The van der Waals surface area contributed by atoms with Gasteiger partial charge < -0.3 is 9.73 Å². The van der Waals surface area contributed by atoms with Crippen molar-refractivity contribution in [1.29, 1.82) is 0 Å². The second-order valence-corrected chi connectivity index (χ2v) is 6.99. The lowest BCUT2D eigenvalue weighted by atomic mass is 9.95. The van der Waals surface area contributed by atoms with Crippen LogP contribution in [0.5, 0.6) is 0 Å². The predicted octanol–water partition coefficient (Wildman–Crippen LogP) is 4.62. The van der Waals surface area contributed by atoms with Crippen LogP contribution in [0.3, 0.4) is 0 Å². The van der Waals surface area contributed by atoms with Crippen molar-refractivity contribution in [2.75, 3.05) is 0 Å². The maximum atomic E-state index is 12.3. The van der Waals surface area contributed by atoms with E-state index in [1.807, 2.05) is 30.3 Å². The third-order valence-corrected chi connectivity index (χ3v) is 5.33. The number of nitrogens with zero attached hydrogens (tertiary/aromatic N) is 1. The van der Waals surface area contributed by atoms with Crippen LogP contribution in [0, 0.1) is 0 Å². The lowest BCUT2D eigenvalue weighted by molar-refractivity contribution is 0.0900. The Labute approximate surface area is 138 Å². The molecule has 4 nitrogen and oxygen atoms in total. The van der Waals surface area contributed by atoms with E-state index in [1.54, 1.807) is 17.4 Å². The van der Waals surface area contributed by atoms with Gasteiger partial charge in [-0.1, -0.05) is 31.4 Å². The number of fused-ring (bicyclic) bond motifs is 1. The van der Waals surface area contributed by atoms with Crippen LogP contribution in [0.15, 0.2) is 40.8 Å². The van der Waals surface area contributed by atoms with E-state index in [0.717, 1.165) is 28.1 Å². The van der Waals surface area contributed by atoms with Crippen LogP contribution >= 0.6 is 11.3 Å². The van der Waals surface area contributed by atoms with E-state index in [0.29, 0.717) is 11.5 Å². The highest BCUT2D eigenvalue weighted by Crippen LogP contribution is 2.31. The zero-order valence-corrected chi connectivity index (χ0v) is 13.6. The predicted molar refractivity (Wildman–Crippen MR) is 91.7 cm³/mol. The first-order valence-electron chi connectivity index (χ1n) is 8.06. The van der Waals surface area contributed by atoms with E-state index in [1.165, 1.54) is 19.3 Å². The summed E-state index contributed by atoms with van der Waals surface area (Å²) in [6, 6.07) is 11.8. The second-order valence-electron chi connectivity index (χ2n) is 5.96. The molecule has 1 N–H and O–H groups in total. The molecule has 2 heterocycles. The van der Waals surface area contributed by atoms with Crippen LogP contribution in [0.25, 0.3) is 21.0 Å². The summed E-state index contributed by atoms with van der Waals surface area (Å²) in [7, 11) is 0. The van der Waals surface area contributed by atoms with Gasteiger partial charge in [0.2, 0.25) is 0 Å². The van der Waals surface area contributed by atoms with Crippen molar-refractivity contribution < 1.29 is 9.21 Å². The molecule has 0 saturated heterocycles. The van der Waals surface area contributed by atoms with Crippen molar-refractivity contribution in [3.63, 3.8) is 0 Å². The van der Waals surface area contributed by atoms with Gasteiger partial charge in [-0.15, -0.1) is 11.3 Å². The molecule has 5 heteroatoms. The van der Waals surface area contributed by atoms with E-state index in [9.17, 15) is 4.79 Å². The van der Waals surface area contributed by atoms with Crippen molar-refractivity contribution in [3.05, 3.63) is 42.2 Å². The topological polar surface area (TPSA) is 55.1 Å². The fourth-order valence-electron chi connectivity index (χ4n) is 3.06. The molecule has 3 aromatic rings. The zero-order valence-electron chi connectivity index (χ0n) is 12.7. The highest BCUT2D eigenvalue weighted by Gasteiger charge is 2.19. The van der Waals surface area contributed by atoms with Crippen molar-refractivity contribution in [1.82, 2.24) is 10.3 Å². The van der Waals surface area contributed by atoms with Crippen molar-refractivity contribution >= 4 is 27.5 Å². The van der Waals surface area contributed by atoms with Gasteiger partial charge >= 0.3 is 0 Å². The number of carbonyl (C=O) groups excluding carboxylic acids is 1. The Morgan fingerprint density at radius 3 is 2.78 bits per heavy atom. The minimum Gasteiger partial charge on any atom is -0.448 e. The molecular formula is C18H18N2O2S. The van der Waals surface area contributed by atoms with Crippen molar-refractivity contribution in [3.8, 4) is 10.8 Å². The fourth-order valence-corrected chi connectivity index (χ4v) is 3.98. The molecule has 23 heavy (non-hydrogen) atoms. The monoisotopic (exact) mass is 326 g/mol. The Morgan fingerprint density at radius 2 is 1.96 bits per heavy atom. The van der Waals surface area contributed by atoms with Crippen LogP contribution < -0.4 is 5.32 Å². The molecule has 1 aliphatic rings. The Bertz CT molecular complexity index is 797. The van der Waals surface area contributed by atoms with Gasteiger partial charge in [-0.05, 0) is 37.1 Å². The lowest BCUT2D eigenvalue weighted by Gasteiger charge is -2.22. The molecule has 1 aliphatic carbocycles. The second kappa shape index (κ2) is 6.16. The van der Waals surface area contributed by atoms with E-state index in [-0.39, 0.29) is 11.9 Å². The number of aromatic nitrogens is 1. The third-order valence-electron chi connectivity index (χ3n) is 4.27. The first-order valence-corrected chi connectivity index (χ1v) is 8.88. The summed E-state index contributed by atoms with van der Waals surface area (Å²) >= 11 is 1.57. The van der Waals surface area contributed by atoms with E-state index < -0.39 is 0 Å². The number of amides is 1. The Kier molecular flexibility index (Phi) is 3.87. The molecule has 0 aliphatic heterocycles. The van der Waals surface area contributed by atoms with Crippen LogP contribution in [0.2, 0.25) is 0 Å². The summed E-state index contributed by atoms with van der Waals surface area (Å²) in [4.78, 5) is 16.9. The van der Waals surface area contributed by atoms with Crippen molar-refractivity contribution in [2.24, 2.45) is 0 Å². The zero-order chi connectivity index (χ0) is 15.6. The number of hydrogen-bond acceptors (Lipinski definition) is 4. The summed E-state index contributed by atoms with van der Waals surface area (Å²) in [5, 5.41) is 3.89. The molecule has 0 atom stereocenters. The average Bonchev–Trinajstić information content (AvgIpc) is 3.22. The molecule has 1 amide bonds. The van der Waals surface area contributed by atoms with Gasteiger partial charge in [0, 0.05) is 6.04 Å². The number of carbonyl (C=O) groups is 1. The van der Waals surface area contributed by atoms with Crippen molar-refractivity contribution in [2.45, 2.75) is 38.1 Å². The van der Waals surface area contributed by atoms with Gasteiger partial charge in [-0.25, -0.2) is 4.98 Å². The SMILES string of the molecule is O=C(NC1CCCCC1)c1ccc(-c2nc3ccccc3s2)o1. The quantitative estimate of drug-likeness (QED) is 0.764. The van der Waals surface area contributed by atoms with E-state index >= 15 is 0 Å². The number of para-hydroxylation sites is 1. The number of furan rings is 1. The Hall–Kier alpha value is -2.14. The van der Waals surface area contributed by atoms with Gasteiger partial charge in [0.05, 0.1) is 10.2 Å². The van der Waals surface area contributed by atoms with Crippen LogP contribution in [0.4, 0.5) is 0 Å². The van der Waals surface area contributed by atoms with Crippen LogP contribution in [-0.4, -0.2) is 16.9 Å². The normalized spacial score (nSPS) is 15.8. The van der Waals surface area contributed by atoms with E-state index in [2.05, 4.69) is 10.3 Å². The highest BCUT2D eigenvalue weighted by atomic mass is 32.1. The average molecular weight is 326 g/mol. The number of benzene rings is 1. The molecule has 0 unspecified atom stereocenters. The molecule has 1 saturated carbocycles. The lowest BCUT2D eigenvalue weighted by Crippen LogP contribution is -2.35. The molecule has 118 valence electrons. The van der Waals surface area contributed by atoms with Crippen LogP contribution in [0.1, 0.15) is 42.7 Å². The molecule has 1 fully saturated rings. The maximum Gasteiger partial charge on any atom is 0.287 e. The highest BCUT2D eigenvalue weighted by molar-refractivity contribution is 7.21. The Balaban J connectivity index is 1.52. The van der Waals surface area contributed by atoms with Gasteiger partial charge in [-0.3, -0.25) is 4.79 Å². The Morgan fingerprint density at radius 1 is 1.13 bits per heavy atom. The summed E-state index contributed by atoms with van der Waals surface area (Å²) in [5.41, 5.74) is 0.956. The molecule has 2 aromatic heterocycles. The number of hydrogen-bond donors (Lipinski definition) is 1. The molecular weight excluding hydrogens is 308 g/mol. The first kappa shape index (κ1) is 14.5. The number of rotatable bonds is 3. The standard InChI is InChI=1S/C18H18N2O2S/c21-17(19-12-6-2-1-3-7-12)14-10-11-15(22-14)18-20-13-8-4-5-9-16(13)23-18/h4-5,8-12H,1-3,6-7H2,(H,19,21). The summed E-state index contributed by atoms with van der Waals surface area (Å²) in [6.07, 6.45) is 5.79. The van der Waals surface area contributed by atoms with Gasteiger partial charge in [0.25, 0.3) is 5.91 Å². The number of thiazole rings is 1. The smallest absolute Gasteiger partial charge is 0.287 e.